The zero-order valence-electron chi connectivity index (χ0n) is 22.5. The van der Waals surface area contributed by atoms with Gasteiger partial charge in [0.15, 0.2) is 19.7 Å². The molecule has 2 aromatic carbocycles. The molecule has 3 rings (SSSR count). The van der Waals surface area contributed by atoms with E-state index in [1.54, 1.807) is 20.8 Å². The molecule has 1 atom stereocenters. The van der Waals surface area contributed by atoms with Crippen LogP contribution in [0.25, 0.3) is 0 Å². The Morgan fingerprint density at radius 2 is 1.49 bits per heavy atom. The van der Waals surface area contributed by atoms with Gasteiger partial charge in [-0.15, -0.1) is 0 Å². The molecule has 1 fully saturated rings. The highest BCUT2D eigenvalue weighted by Gasteiger charge is 2.45. The van der Waals surface area contributed by atoms with Crippen LogP contribution in [0, 0.1) is 5.92 Å². The summed E-state index contributed by atoms with van der Waals surface area (Å²) in [5.41, 5.74) is -1.47. The van der Waals surface area contributed by atoms with E-state index in [2.05, 4.69) is 0 Å². The van der Waals surface area contributed by atoms with Gasteiger partial charge >= 0.3 is 6.18 Å². The van der Waals surface area contributed by atoms with Gasteiger partial charge in [-0.3, -0.25) is 4.90 Å². The van der Waals surface area contributed by atoms with E-state index >= 15 is 0 Å². The van der Waals surface area contributed by atoms with Gasteiger partial charge < -0.3 is 0 Å². The summed E-state index contributed by atoms with van der Waals surface area (Å²) in [5.74, 6) is -3.89. The van der Waals surface area contributed by atoms with Crippen molar-refractivity contribution in [3.8, 4) is 0 Å². The third-order valence-corrected chi connectivity index (χ3v) is 12.2. The Morgan fingerprint density at radius 1 is 0.897 bits per heavy atom. The molecule has 1 heterocycles. The topological polar surface area (TPSA) is 71.5 Å². The molecule has 1 unspecified atom stereocenters. The Hall–Kier alpha value is -2.05. The lowest BCUT2D eigenvalue weighted by molar-refractivity contribution is -0.139. The molecule has 1 aliphatic heterocycles. The molecular formula is C27H34F5NO4S2. The quantitative estimate of drug-likeness (QED) is 0.320. The molecule has 1 saturated heterocycles. The lowest BCUT2D eigenvalue weighted by Gasteiger charge is -2.42. The van der Waals surface area contributed by atoms with Crippen LogP contribution >= 0.6 is 0 Å². The van der Waals surface area contributed by atoms with E-state index in [-0.39, 0.29) is 27.0 Å². The number of benzene rings is 2. The highest BCUT2D eigenvalue weighted by molar-refractivity contribution is 7.92. The van der Waals surface area contributed by atoms with Crippen molar-refractivity contribution in [2.24, 2.45) is 5.92 Å². The fraction of sp³-hybridized carbons (Fsp3) is 0.556. The van der Waals surface area contributed by atoms with E-state index in [1.807, 2.05) is 4.90 Å². The molecule has 12 heteroatoms. The van der Waals surface area contributed by atoms with Gasteiger partial charge in [0.2, 0.25) is 0 Å². The van der Waals surface area contributed by atoms with E-state index in [4.69, 9.17) is 0 Å². The highest BCUT2D eigenvalue weighted by Crippen LogP contribution is 2.42. The molecule has 0 radical (unpaired) electrons. The van der Waals surface area contributed by atoms with Gasteiger partial charge in [-0.2, -0.15) is 13.2 Å². The SMILES string of the molecule is CCS(=O)(=O)c1ccc(C(C)N2CCC(C(C)(C)S(=O)(=O)c3cccc(C(C)(F)F)c3)CC2)c(C(F)(F)F)c1. The summed E-state index contributed by atoms with van der Waals surface area (Å²) in [4.78, 5) is 1.24. The molecule has 0 amide bonds. The van der Waals surface area contributed by atoms with Crippen LogP contribution < -0.4 is 0 Å². The fourth-order valence-corrected chi connectivity index (χ4v) is 7.87. The van der Waals surface area contributed by atoms with Crippen molar-refractivity contribution in [1.82, 2.24) is 4.90 Å². The third-order valence-electron chi connectivity index (χ3n) is 7.92. The van der Waals surface area contributed by atoms with E-state index in [0.717, 1.165) is 6.07 Å². The maximum absolute atomic E-state index is 13.9. The van der Waals surface area contributed by atoms with Gasteiger partial charge in [0, 0.05) is 18.5 Å². The second-order valence-electron chi connectivity index (χ2n) is 10.7. The molecule has 1 aliphatic rings. The predicted octanol–water partition coefficient (Wildman–Crippen LogP) is 6.64. The van der Waals surface area contributed by atoms with Gasteiger partial charge in [-0.05, 0) is 82.4 Å². The Bertz CT molecular complexity index is 1410. The predicted molar refractivity (Wildman–Crippen MR) is 139 cm³/mol. The first-order valence-electron chi connectivity index (χ1n) is 12.6. The minimum Gasteiger partial charge on any atom is -0.297 e. The van der Waals surface area contributed by atoms with Crippen LogP contribution in [0.4, 0.5) is 22.0 Å². The summed E-state index contributed by atoms with van der Waals surface area (Å²) in [6, 6.07) is 7.12. The first-order chi connectivity index (χ1) is 17.7. The molecule has 0 aromatic heterocycles. The standard InChI is InChI=1S/C27H34F5NO4S2/c1-6-38(34,35)21-10-11-23(24(17-21)27(30,31)32)18(2)33-14-12-19(13-15-33)25(3,4)39(36,37)22-9-7-8-20(16-22)26(5,28)29/h7-11,16-19H,6,12-15H2,1-5H3. The zero-order valence-corrected chi connectivity index (χ0v) is 24.2. The van der Waals surface area contributed by atoms with Crippen molar-refractivity contribution >= 4 is 19.7 Å². The van der Waals surface area contributed by atoms with Crippen LogP contribution in [-0.2, 0) is 31.8 Å². The molecule has 5 nitrogen and oxygen atoms in total. The molecule has 0 aliphatic carbocycles. The fourth-order valence-electron chi connectivity index (χ4n) is 5.14. The molecule has 0 N–H and O–H groups in total. The summed E-state index contributed by atoms with van der Waals surface area (Å²) >= 11 is 0. The summed E-state index contributed by atoms with van der Waals surface area (Å²) in [7, 11) is -7.85. The molecule has 0 saturated carbocycles. The summed E-state index contributed by atoms with van der Waals surface area (Å²) in [5, 5.41) is 0. The van der Waals surface area contributed by atoms with Gasteiger partial charge in [-0.1, -0.05) is 25.1 Å². The molecular weight excluding hydrogens is 561 g/mol. The number of nitrogens with zero attached hydrogens (tertiary/aromatic N) is 1. The number of alkyl halides is 5. The first kappa shape index (κ1) is 31.5. The van der Waals surface area contributed by atoms with Crippen molar-refractivity contribution in [2.75, 3.05) is 18.8 Å². The third kappa shape index (κ3) is 6.32. The summed E-state index contributed by atoms with van der Waals surface area (Å²) < 4.78 is 120. The summed E-state index contributed by atoms with van der Waals surface area (Å²) in [6.07, 6.45) is -4.03. The second kappa shape index (κ2) is 10.7. The van der Waals surface area contributed by atoms with Gasteiger partial charge in [0.25, 0.3) is 5.92 Å². The summed E-state index contributed by atoms with van der Waals surface area (Å²) in [6.45, 7) is 7.39. The minimum atomic E-state index is -4.76. The van der Waals surface area contributed by atoms with Crippen LogP contribution in [0.2, 0.25) is 0 Å². The van der Waals surface area contributed by atoms with Crippen molar-refractivity contribution in [2.45, 2.75) is 80.1 Å². The lowest BCUT2D eigenvalue weighted by atomic mass is 9.85. The van der Waals surface area contributed by atoms with Crippen molar-refractivity contribution in [1.29, 1.82) is 0 Å². The number of halogens is 5. The maximum Gasteiger partial charge on any atom is 0.416 e. The molecule has 0 bridgehead atoms. The minimum absolute atomic E-state index is 0.0554. The van der Waals surface area contributed by atoms with Crippen LogP contribution in [0.15, 0.2) is 52.3 Å². The average Bonchev–Trinajstić information content (AvgIpc) is 2.87. The Labute approximate surface area is 227 Å². The number of piperidine rings is 1. The van der Waals surface area contributed by atoms with Crippen molar-refractivity contribution in [3.05, 3.63) is 59.2 Å². The number of likely N-dealkylation sites (tertiary alicyclic amines) is 1. The highest BCUT2D eigenvalue weighted by atomic mass is 32.2. The number of sulfone groups is 2. The second-order valence-corrected chi connectivity index (χ2v) is 15.5. The van der Waals surface area contributed by atoms with Crippen LogP contribution in [0.1, 0.15) is 70.2 Å². The molecule has 2 aromatic rings. The number of hydrogen-bond acceptors (Lipinski definition) is 5. The Balaban J connectivity index is 1.84. The smallest absolute Gasteiger partial charge is 0.297 e. The maximum atomic E-state index is 13.9. The number of rotatable bonds is 8. The zero-order chi connectivity index (χ0) is 29.6. The van der Waals surface area contributed by atoms with E-state index < -0.39 is 53.7 Å². The lowest BCUT2D eigenvalue weighted by Crippen LogP contribution is -2.47. The number of hydrogen-bond donors (Lipinski definition) is 0. The van der Waals surface area contributed by atoms with Gasteiger partial charge in [0.1, 0.15) is 0 Å². The Kier molecular flexibility index (Phi) is 8.67. The van der Waals surface area contributed by atoms with Crippen molar-refractivity contribution < 1.29 is 38.8 Å². The Morgan fingerprint density at radius 3 is 2.00 bits per heavy atom. The molecule has 0 spiro atoms. The average molecular weight is 596 g/mol. The van der Waals surface area contributed by atoms with E-state index in [1.165, 1.54) is 37.3 Å². The molecule has 218 valence electrons. The van der Waals surface area contributed by atoms with Gasteiger partial charge in [-0.25, -0.2) is 25.6 Å². The largest absolute Gasteiger partial charge is 0.416 e. The van der Waals surface area contributed by atoms with Crippen LogP contribution in [0.3, 0.4) is 0 Å². The first-order valence-corrected chi connectivity index (χ1v) is 15.8. The van der Waals surface area contributed by atoms with Crippen LogP contribution in [-0.4, -0.2) is 45.3 Å². The van der Waals surface area contributed by atoms with Crippen LogP contribution in [0.5, 0.6) is 0 Å². The monoisotopic (exact) mass is 595 g/mol. The normalized spacial score (nSPS) is 17.8. The van der Waals surface area contributed by atoms with E-state index in [9.17, 15) is 38.8 Å². The molecule has 39 heavy (non-hydrogen) atoms. The van der Waals surface area contributed by atoms with Crippen molar-refractivity contribution in [3.63, 3.8) is 0 Å². The van der Waals surface area contributed by atoms with E-state index in [0.29, 0.717) is 38.9 Å². The van der Waals surface area contributed by atoms with Gasteiger partial charge in [0.05, 0.1) is 25.9 Å².